The van der Waals surface area contributed by atoms with Crippen molar-refractivity contribution in [2.24, 2.45) is 0 Å². The number of aryl methyl sites for hydroxylation is 1. The first kappa shape index (κ1) is 10.5. The lowest BCUT2D eigenvalue weighted by Crippen LogP contribution is -2.03. The second-order valence-electron chi connectivity index (χ2n) is 4.80. The molecule has 0 spiro atoms. The van der Waals surface area contributed by atoms with Crippen molar-refractivity contribution in [1.82, 2.24) is 15.0 Å². The van der Waals surface area contributed by atoms with Crippen LogP contribution in [0.4, 0.5) is 0 Å². The van der Waals surface area contributed by atoms with E-state index in [0.717, 1.165) is 18.5 Å². The second kappa shape index (κ2) is 4.05. The molecule has 4 rings (SSSR count). The Labute approximate surface area is 111 Å². The van der Waals surface area contributed by atoms with E-state index in [2.05, 4.69) is 45.4 Å². The van der Waals surface area contributed by atoms with E-state index in [1.165, 1.54) is 27.9 Å². The molecule has 0 amide bonds. The van der Waals surface area contributed by atoms with Gasteiger partial charge in [-0.2, -0.15) is 0 Å². The Morgan fingerprint density at radius 1 is 1.00 bits per heavy atom. The zero-order valence-electron chi connectivity index (χ0n) is 10.4. The summed E-state index contributed by atoms with van der Waals surface area (Å²) in [6.45, 7) is 0. The van der Waals surface area contributed by atoms with Crippen molar-refractivity contribution in [3.8, 4) is 22.5 Å². The first-order chi connectivity index (χ1) is 9.43. The Morgan fingerprint density at radius 3 is 2.84 bits per heavy atom. The van der Waals surface area contributed by atoms with Gasteiger partial charge in [-0.25, -0.2) is 0 Å². The van der Waals surface area contributed by atoms with Crippen LogP contribution in [-0.2, 0) is 12.8 Å². The lowest BCUT2D eigenvalue weighted by Gasteiger charge is -2.17. The van der Waals surface area contributed by atoms with Crippen molar-refractivity contribution >= 4 is 0 Å². The van der Waals surface area contributed by atoms with Crippen LogP contribution >= 0.6 is 0 Å². The van der Waals surface area contributed by atoms with E-state index in [0.29, 0.717) is 0 Å². The van der Waals surface area contributed by atoms with Gasteiger partial charge in [0.05, 0.1) is 11.9 Å². The highest BCUT2D eigenvalue weighted by atomic mass is 14.8. The third-order valence-corrected chi connectivity index (χ3v) is 3.76. The van der Waals surface area contributed by atoms with Crippen molar-refractivity contribution < 1.29 is 0 Å². The van der Waals surface area contributed by atoms with Crippen molar-refractivity contribution in [3.63, 3.8) is 0 Å². The minimum Gasteiger partial charge on any atom is -0.360 e. The highest BCUT2D eigenvalue weighted by Gasteiger charge is 2.21. The monoisotopic (exact) mass is 247 g/mol. The Balaban J connectivity index is 1.91. The molecule has 1 aromatic carbocycles. The molecule has 0 radical (unpaired) electrons. The van der Waals surface area contributed by atoms with Crippen molar-refractivity contribution in [1.29, 1.82) is 0 Å². The molecule has 1 aliphatic carbocycles. The Hall–Kier alpha value is -2.42. The van der Waals surface area contributed by atoms with Gasteiger partial charge in [-0.05, 0) is 24.0 Å². The molecule has 0 unspecified atom stereocenters. The van der Waals surface area contributed by atoms with Crippen LogP contribution in [0.25, 0.3) is 22.5 Å². The molecule has 0 aliphatic heterocycles. The van der Waals surface area contributed by atoms with E-state index in [1.54, 1.807) is 12.4 Å². The van der Waals surface area contributed by atoms with Gasteiger partial charge in [0.15, 0.2) is 0 Å². The number of aromatic nitrogens is 3. The van der Waals surface area contributed by atoms with E-state index in [1.807, 2.05) is 6.20 Å². The summed E-state index contributed by atoms with van der Waals surface area (Å²) in [5.41, 5.74) is 7.46. The number of H-pyrrole nitrogens is 1. The highest BCUT2D eigenvalue weighted by Crippen LogP contribution is 2.37. The van der Waals surface area contributed by atoms with E-state index in [9.17, 15) is 0 Å². The summed E-state index contributed by atoms with van der Waals surface area (Å²) in [7, 11) is 0. The van der Waals surface area contributed by atoms with Crippen molar-refractivity contribution in [3.05, 3.63) is 60.2 Å². The summed E-state index contributed by atoms with van der Waals surface area (Å²) in [5.74, 6) is 0. The van der Waals surface area contributed by atoms with Crippen LogP contribution in [0, 0.1) is 0 Å². The molecule has 1 aliphatic rings. The Kier molecular flexibility index (Phi) is 2.24. The predicted molar refractivity (Wildman–Crippen MR) is 74.7 cm³/mol. The van der Waals surface area contributed by atoms with Gasteiger partial charge in [0, 0.05) is 35.4 Å². The van der Waals surface area contributed by atoms with Gasteiger partial charge >= 0.3 is 0 Å². The van der Waals surface area contributed by atoms with Crippen LogP contribution in [-0.4, -0.2) is 15.0 Å². The molecule has 92 valence electrons. The zero-order chi connectivity index (χ0) is 12.7. The van der Waals surface area contributed by atoms with Crippen molar-refractivity contribution in [2.45, 2.75) is 12.8 Å². The number of hydrogen-bond acceptors (Lipinski definition) is 2. The molecule has 3 nitrogen and oxygen atoms in total. The molecule has 0 atom stereocenters. The lowest BCUT2D eigenvalue weighted by atomic mass is 9.88. The third-order valence-electron chi connectivity index (χ3n) is 3.76. The molecular weight excluding hydrogens is 234 g/mol. The van der Waals surface area contributed by atoms with Gasteiger partial charge in [-0.3, -0.25) is 9.97 Å². The summed E-state index contributed by atoms with van der Waals surface area (Å²) < 4.78 is 0. The van der Waals surface area contributed by atoms with Crippen LogP contribution in [0.3, 0.4) is 0 Å². The average molecular weight is 247 g/mol. The van der Waals surface area contributed by atoms with Crippen LogP contribution in [0.15, 0.2) is 49.1 Å². The standard InChI is InChI=1S/C16H13N3/c1-2-4-12-11(3-1)5-6-13-14(9-19-16(12)13)15-10-17-7-8-18-15/h1-4,7-10,19H,5-6H2. The summed E-state index contributed by atoms with van der Waals surface area (Å²) in [6.07, 6.45) is 9.47. The van der Waals surface area contributed by atoms with Crippen LogP contribution in [0.5, 0.6) is 0 Å². The maximum Gasteiger partial charge on any atom is 0.0903 e. The molecule has 2 heterocycles. The molecule has 3 aromatic rings. The van der Waals surface area contributed by atoms with E-state index in [4.69, 9.17) is 0 Å². The second-order valence-corrected chi connectivity index (χ2v) is 4.80. The molecule has 2 aromatic heterocycles. The fraction of sp³-hybridized carbons (Fsp3) is 0.125. The minimum absolute atomic E-state index is 0.944. The summed E-state index contributed by atoms with van der Waals surface area (Å²) in [4.78, 5) is 12.0. The summed E-state index contributed by atoms with van der Waals surface area (Å²) in [5, 5.41) is 0. The summed E-state index contributed by atoms with van der Waals surface area (Å²) >= 11 is 0. The molecule has 3 heteroatoms. The molecule has 0 bridgehead atoms. The van der Waals surface area contributed by atoms with Gasteiger partial charge in [0.1, 0.15) is 0 Å². The maximum absolute atomic E-state index is 4.40. The third kappa shape index (κ3) is 1.58. The first-order valence-electron chi connectivity index (χ1n) is 6.48. The molecule has 1 N–H and O–H groups in total. The molecule has 0 saturated heterocycles. The normalized spacial score (nSPS) is 12.8. The first-order valence-corrected chi connectivity index (χ1v) is 6.48. The predicted octanol–water partition coefficient (Wildman–Crippen LogP) is 3.24. The number of benzene rings is 1. The van der Waals surface area contributed by atoms with Gasteiger partial charge in [0.2, 0.25) is 0 Å². The van der Waals surface area contributed by atoms with E-state index in [-0.39, 0.29) is 0 Å². The SMILES string of the molecule is c1ccc2c(c1)CCc1c(-c3cnccn3)c[nH]c1-2. The lowest BCUT2D eigenvalue weighted by molar-refractivity contribution is 0.942. The minimum atomic E-state index is 0.944. The zero-order valence-corrected chi connectivity index (χ0v) is 10.4. The smallest absolute Gasteiger partial charge is 0.0903 e. The molecule has 19 heavy (non-hydrogen) atoms. The Bertz CT molecular complexity index is 715. The Morgan fingerprint density at radius 2 is 1.95 bits per heavy atom. The van der Waals surface area contributed by atoms with E-state index >= 15 is 0 Å². The topological polar surface area (TPSA) is 41.6 Å². The number of fused-ring (bicyclic) bond motifs is 3. The van der Waals surface area contributed by atoms with Gasteiger partial charge in [-0.15, -0.1) is 0 Å². The molecular formula is C16H13N3. The number of nitrogens with zero attached hydrogens (tertiary/aromatic N) is 2. The van der Waals surface area contributed by atoms with Gasteiger partial charge in [0.25, 0.3) is 0 Å². The van der Waals surface area contributed by atoms with E-state index < -0.39 is 0 Å². The van der Waals surface area contributed by atoms with Crippen molar-refractivity contribution in [2.75, 3.05) is 0 Å². The molecule has 0 saturated carbocycles. The quantitative estimate of drug-likeness (QED) is 0.717. The fourth-order valence-corrected chi connectivity index (χ4v) is 2.86. The summed E-state index contributed by atoms with van der Waals surface area (Å²) in [6, 6.07) is 8.60. The maximum atomic E-state index is 4.40. The number of hydrogen-bond donors (Lipinski definition) is 1. The van der Waals surface area contributed by atoms with Crippen LogP contribution in [0.1, 0.15) is 11.1 Å². The van der Waals surface area contributed by atoms with Gasteiger partial charge < -0.3 is 4.98 Å². The molecule has 0 fully saturated rings. The number of nitrogens with one attached hydrogen (secondary N) is 1. The van der Waals surface area contributed by atoms with Crippen LogP contribution in [0.2, 0.25) is 0 Å². The highest BCUT2D eigenvalue weighted by molar-refractivity contribution is 5.78. The number of aromatic amines is 1. The number of rotatable bonds is 1. The average Bonchev–Trinajstić information content (AvgIpc) is 2.92. The van der Waals surface area contributed by atoms with Gasteiger partial charge in [-0.1, -0.05) is 24.3 Å². The fourth-order valence-electron chi connectivity index (χ4n) is 2.86. The largest absolute Gasteiger partial charge is 0.360 e. The van der Waals surface area contributed by atoms with Crippen LogP contribution < -0.4 is 0 Å².